The number of pyridine rings is 1. The van der Waals surface area contributed by atoms with Gasteiger partial charge in [0, 0.05) is 70.2 Å². The summed E-state index contributed by atoms with van der Waals surface area (Å²) in [6, 6.07) is 9.18. The van der Waals surface area contributed by atoms with Crippen LogP contribution in [0.1, 0.15) is 60.7 Å². The number of hydrogen-bond donors (Lipinski definition) is 2. The van der Waals surface area contributed by atoms with Crippen LogP contribution in [0.25, 0.3) is 0 Å². The minimum absolute atomic E-state index is 0.0179. The van der Waals surface area contributed by atoms with Crippen molar-refractivity contribution in [2.24, 2.45) is 5.41 Å². The number of nitrogens with zero attached hydrogens (tertiary/aromatic N) is 4. The molecule has 2 aliphatic rings. The first-order valence-electron chi connectivity index (χ1n) is 13.6. The molecule has 0 aliphatic carbocycles. The van der Waals surface area contributed by atoms with Gasteiger partial charge in [0.2, 0.25) is 5.91 Å². The molecule has 0 bridgehead atoms. The molecule has 9 heteroatoms. The molecule has 0 radical (unpaired) electrons. The highest BCUT2D eigenvalue weighted by atomic mass is 16.2. The zero-order chi connectivity index (χ0) is 27.1. The van der Waals surface area contributed by atoms with Crippen molar-refractivity contribution in [1.29, 1.82) is 0 Å². The van der Waals surface area contributed by atoms with Gasteiger partial charge in [-0.3, -0.25) is 19.4 Å². The Morgan fingerprint density at radius 2 is 1.66 bits per heavy atom. The minimum atomic E-state index is -0.160. The zero-order valence-electron chi connectivity index (χ0n) is 22.8. The molecule has 3 heterocycles. The Morgan fingerprint density at radius 3 is 2.42 bits per heavy atom. The molecule has 1 aromatic carbocycles. The third-order valence-electron chi connectivity index (χ3n) is 6.87. The second kappa shape index (κ2) is 12.4. The van der Waals surface area contributed by atoms with Gasteiger partial charge in [-0.05, 0) is 55.1 Å². The Morgan fingerprint density at radius 1 is 0.895 bits per heavy atom. The molecular weight excluding hydrogens is 480 g/mol. The SMILES string of the molecule is CC(C)(C)CC(=O)Nc1cc(C(=O)N2CCCNCC2)ccc1N1CCCN(C(=O)c2cccnc2)CC1. The Labute approximate surface area is 225 Å². The maximum Gasteiger partial charge on any atom is 0.255 e. The summed E-state index contributed by atoms with van der Waals surface area (Å²) in [5, 5.41) is 6.44. The van der Waals surface area contributed by atoms with E-state index >= 15 is 0 Å². The molecule has 2 saturated heterocycles. The van der Waals surface area contributed by atoms with Crippen molar-refractivity contribution < 1.29 is 14.4 Å². The zero-order valence-corrected chi connectivity index (χ0v) is 22.8. The highest BCUT2D eigenvalue weighted by Gasteiger charge is 2.25. The lowest BCUT2D eigenvalue weighted by molar-refractivity contribution is -0.117. The van der Waals surface area contributed by atoms with E-state index in [2.05, 4.69) is 20.5 Å². The lowest BCUT2D eigenvalue weighted by Crippen LogP contribution is -2.36. The Bertz CT molecular complexity index is 1120. The second-order valence-corrected chi connectivity index (χ2v) is 11.3. The second-order valence-electron chi connectivity index (χ2n) is 11.3. The predicted octanol–water partition coefficient (Wildman–Crippen LogP) is 3.24. The van der Waals surface area contributed by atoms with Crippen LogP contribution in [0.2, 0.25) is 0 Å². The van der Waals surface area contributed by atoms with Gasteiger partial charge in [0.15, 0.2) is 0 Å². The van der Waals surface area contributed by atoms with Gasteiger partial charge < -0.3 is 25.3 Å². The fourth-order valence-electron chi connectivity index (χ4n) is 4.99. The Kier molecular flexibility index (Phi) is 8.99. The third-order valence-corrected chi connectivity index (χ3v) is 6.87. The number of carbonyl (C=O) groups is 3. The van der Waals surface area contributed by atoms with Crippen molar-refractivity contribution in [2.45, 2.75) is 40.0 Å². The molecule has 3 amide bonds. The number of rotatable bonds is 5. The summed E-state index contributed by atoms with van der Waals surface area (Å²) in [5.41, 5.74) is 2.52. The smallest absolute Gasteiger partial charge is 0.255 e. The molecule has 0 spiro atoms. The maximum absolute atomic E-state index is 13.3. The quantitative estimate of drug-likeness (QED) is 0.628. The standard InChI is InChI=1S/C29H40N6O3/c1-29(2,3)20-26(36)32-24-19-22(27(37)34-13-5-11-30-12-16-34)8-9-25(24)33-14-6-15-35(18-17-33)28(38)23-7-4-10-31-21-23/h4,7-10,19,21,30H,5-6,11-18,20H2,1-3H3,(H,32,36). The maximum atomic E-state index is 13.3. The average Bonchev–Trinajstić information content (AvgIpc) is 3.31. The van der Waals surface area contributed by atoms with E-state index in [-0.39, 0.29) is 23.1 Å². The van der Waals surface area contributed by atoms with Gasteiger partial charge in [0.05, 0.1) is 16.9 Å². The van der Waals surface area contributed by atoms with Gasteiger partial charge in [0.25, 0.3) is 11.8 Å². The predicted molar refractivity (Wildman–Crippen MR) is 150 cm³/mol. The summed E-state index contributed by atoms with van der Waals surface area (Å²) in [5.74, 6) is -0.118. The molecule has 2 fully saturated rings. The van der Waals surface area contributed by atoms with E-state index in [1.54, 1.807) is 24.5 Å². The molecule has 2 aliphatic heterocycles. The molecule has 4 rings (SSSR count). The highest BCUT2D eigenvalue weighted by molar-refractivity contribution is 6.00. The van der Waals surface area contributed by atoms with Gasteiger partial charge in [-0.2, -0.15) is 0 Å². The highest BCUT2D eigenvalue weighted by Crippen LogP contribution is 2.30. The summed E-state index contributed by atoms with van der Waals surface area (Å²) in [6.07, 6.45) is 5.35. The van der Waals surface area contributed by atoms with Crippen LogP contribution in [0, 0.1) is 5.41 Å². The summed E-state index contributed by atoms with van der Waals surface area (Å²) >= 11 is 0. The molecule has 2 N–H and O–H groups in total. The van der Waals surface area contributed by atoms with Crippen molar-refractivity contribution in [1.82, 2.24) is 20.1 Å². The topological polar surface area (TPSA) is 97.9 Å². The molecule has 0 saturated carbocycles. The fraction of sp³-hybridized carbons (Fsp3) is 0.517. The number of carbonyl (C=O) groups excluding carboxylic acids is 3. The van der Waals surface area contributed by atoms with Crippen LogP contribution in [0.3, 0.4) is 0 Å². The van der Waals surface area contributed by atoms with E-state index < -0.39 is 0 Å². The summed E-state index contributed by atoms with van der Waals surface area (Å²) in [4.78, 5) is 49.3. The van der Waals surface area contributed by atoms with Gasteiger partial charge >= 0.3 is 0 Å². The molecule has 0 atom stereocenters. The number of hydrogen-bond acceptors (Lipinski definition) is 6. The monoisotopic (exact) mass is 520 g/mol. The van der Waals surface area contributed by atoms with E-state index in [1.807, 2.05) is 48.8 Å². The van der Waals surface area contributed by atoms with Crippen LogP contribution in [0.4, 0.5) is 11.4 Å². The van der Waals surface area contributed by atoms with Crippen LogP contribution in [0.5, 0.6) is 0 Å². The van der Waals surface area contributed by atoms with Gasteiger partial charge in [0.1, 0.15) is 0 Å². The minimum Gasteiger partial charge on any atom is -0.368 e. The van der Waals surface area contributed by atoms with E-state index in [4.69, 9.17) is 0 Å². The van der Waals surface area contributed by atoms with Crippen LogP contribution in [-0.2, 0) is 4.79 Å². The van der Waals surface area contributed by atoms with Crippen molar-refractivity contribution in [3.8, 4) is 0 Å². The average molecular weight is 521 g/mol. The summed E-state index contributed by atoms with van der Waals surface area (Å²) in [7, 11) is 0. The first-order chi connectivity index (χ1) is 18.2. The number of nitrogens with one attached hydrogen (secondary N) is 2. The van der Waals surface area contributed by atoms with Crippen LogP contribution in [-0.4, -0.2) is 84.9 Å². The normalized spacial score (nSPS) is 17.0. The van der Waals surface area contributed by atoms with Crippen LogP contribution < -0.4 is 15.5 Å². The molecule has 38 heavy (non-hydrogen) atoms. The molecule has 204 valence electrons. The molecular formula is C29H40N6O3. The van der Waals surface area contributed by atoms with Gasteiger partial charge in [-0.25, -0.2) is 0 Å². The van der Waals surface area contributed by atoms with Gasteiger partial charge in [-0.15, -0.1) is 0 Å². The first kappa shape index (κ1) is 27.6. The molecule has 2 aromatic rings. The molecule has 0 unspecified atom stereocenters. The van der Waals surface area contributed by atoms with Crippen molar-refractivity contribution in [3.05, 3.63) is 53.9 Å². The summed E-state index contributed by atoms with van der Waals surface area (Å²) < 4.78 is 0. The lowest BCUT2D eigenvalue weighted by Gasteiger charge is -2.28. The largest absolute Gasteiger partial charge is 0.368 e. The van der Waals surface area contributed by atoms with E-state index in [0.29, 0.717) is 56.0 Å². The molecule has 1 aromatic heterocycles. The van der Waals surface area contributed by atoms with Gasteiger partial charge in [-0.1, -0.05) is 20.8 Å². The van der Waals surface area contributed by atoms with Crippen molar-refractivity contribution in [3.63, 3.8) is 0 Å². The van der Waals surface area contributed by atoms with Crippen LogP contribution in [0.15, 0.2) is 42.7 Å². The first-order valence-corrected chi connectivity index (χ1v) is 13.6. The van der Waals surface area contributed by atoms with Crippen molar-refractivity contribution >= 4 is 29.1 Å². The summed E-state index contributed by atoms with van der Waals surface area (Å²) in [6.45, 7) is 11.7. The van der Waals surface area contributed by atoms with E-state index in [1.165, 1.54) is 0 Å². The van der Waals surface area contributed by atoms with E-state index in [9.17, 15) is 14.4 Å². The molecule has 9 nitrogen and oxygen atoms in total. The van der Waals surface area contributed by atoms with Crippen LogP contribution >= 0.6 is 0 Å². The number of aromatic nitrogens is 1. The fourth-order valence-corrected chi connectivity index (χ4v) is 4.99. The Balaban J connectivity index is 1.55. The number of amides is 3. The van der Waals surface area contributed by atoms with E-state index in [0.717, 1.165) is 38.2 Å². The third kappa shape index (κ3) is 7.31. The number of anilines is 2. The Hall–Kier alpha value is -3.46. The number of benzene rings is 1. The van der Waals surface area contributed by atoms with Crippen molar-refractivity contribution in [2.75, 3.05) is 62.6 Å². The lowest BCUT2D eigenvalue weighted by atomic mass is 9.92.